The van der Waals surface area contributed by atoms with Crippen LogP contribution in [0.15, 0.2) is 60.7 Å². The Kier molecular flexibility index (Phi) is 3.97. The molecule has 1 heterocycles. The average molecular weight is 342 g/mol. The fourth-order valence-electron chi connectivity index (χ4n) is 2.90. The van der Waals surface area contributed by atoms with E-state index in [0.29, 0.717) is 4.88 Å². The van der Waals surface area contributed by atoms with E-state index >= 15 is 0 Å². The molecule has 0 radical (unpaired) electrons. The van der Waals surface area contributed by atoms with Crippen LogP contribution in [-0.4, -0.2) is 13.4 Å². The number of thiophene rings is 1. The third kappa shape index (κ3) is 2.77. The Hall–Kier alpha value is -3.09. The molecule has 0 aliphatic carbocycles. The molecule has 0 saturated heterocycles. The number of aldehydes is 1. The second-order valence-corrected chi connectivity index (χ2v) is 6.68. The lowest BCUT2D eigenvalue weighted by atomic mass is 10.0. The molecule has 0 unspecified atom stereocenters. The minimum atomic E-state index is 0.673. The van der Waals surface area contributed by atoms with Gasteiger partial charge >= 0.3 is 0 Å². The molecule has 25 heavy (non-hydrogen) atoms. The van der Waals surface area contributed by atoms with E-state index in [1.165, 1.54) is 11.3 Å². The van der Waals surface area contributed by atoms with Crippen LogP contribution in [0.3, 0.4) is 0 Å². The quantitative estimate of drug-likeness (QED) is 0.366. The van der Waals surface area contributed by atoms with Crippen molar-refractivity contribution in [3.05, 3.63) is 76.7 Å². The largest absolute Gasteiger partial charge is 0.497 e. The normalized spacial score (nSPS) is 10.4. The van der Waals surface area contributed by atoms with Crippen molar-refractivity contribution in [1.82, 2.24) is 0 Å². The SMILES string of the molecule is COc1ccc(C#Cc2c(C=O)sc3ccc4ccccc4c23)cc1. The van der Waals surface area contributed by atoms with Crippen LogP contribution < -0.4 is 4.74 Å². The Labute approximate surface area is 149 Å². The molecule has 0 atom stereocenters. The minimum Gasteiger partial charge on any atom is -0.497 e. The van der Waals surface area contributed by atoms with Crippen molar-refractivity contribution in [3.63, 3.8) is 0 Å². The molecule has 0 N–H and O–H groups in total. The van der Waals surface area contributed by atoms with Gasteiger partial charge in [0.15, 0.2) is 6.29 Å². The van der Waals surface area contributed by atoms with Crippen molar-refractivity contribution in [3.8, 4) is 17.6 Å². The summed E-state index contributed by atoms with van der Waals surface area (Å²) in [7, 11) is 1.64. The lowest BCUT2D eigenvalue weighted by molar-refractivity contribution is 0.112. The third-order valence-corrected chi connectivity index (χ3v) is 5.22. The number of carbonyl (C=O) groups is 1. The van der Waals surface area contributed by atoms with E-state index in [0.717, 1.165) is 44.0 Å². The topological polar surface area (TPSA) is 26.3 Å². The van der Waals surface area contributed by atoms with Crippen molar-refractivity contribution in [2.24, 2.45) is 0 Å². The number of ether oxygens (including phenoxy) is 1. The van der Waals surface area contributed by atoms with Crippen LogP contribution in [0.5, 0.6) is 5.75 Å². The van der Waals surface area contributed by atoms with E-state index in [9.17, 15) is 4.79 Å². The first-order chi connectivity index (χ1) is 12.3. The van der Waals surface area contributed by atoms with Crippen LogP contribution in [0.1, 0.15) is 20.8 Å². The van der Waals surface area contributed by atoms with E-state index in [2.05, 4.69) is 36.1 Å². The molecule has 4 rings (SSSR count). The van der Waals surface area contributed by atoms with E-state index < -0.39 is 0 Å². The van der Waals surface area contributed by atoms with Crippen LogP contribution in [0.2, 0.25) is 0 Å². The molecule has 0 bridgehead atoms. The van der Waals surface area contributed by atoms with Crippen LogP contribution in [0.4, 0.5) is 0 Å². The summed E-state index contributed by atoms with van der Waals surface area (Å²) in [4.78, 5) is 12.2. The van der Waals surface area contributed by atoms with Gasteiger partial charge in [0.1, 0.15) is 5.75 Å². The number of benzene rings is 3. The maximum absolute atomic E-state index is 11.6. The van der Waals surface area contributed by atoms with E-state index in [1.807, 2.05) is 36.4 Å². The van der Waals surface area contributed by atoms with Gasteiger partial charge in [-0.05, 0) is 41.1 Å². The summed E-state index contributed by atoms with van der Waals surface area (Å²) in [6.07, 6.45) is 0.900. The summed E-state index contributed by atoms with van der Waals surface area (Å²) >= 11 is 1.49. The first-order valence-corrected chi connectivity index (χ1v) is 8.67. The van der Waals surface area contributed by atoms with E-state index in [1.54, 1.807) is 7.11 Å². The zero-order chi connectivity index (χ0) is 17.2. The van der Waals surface area contributed by atoms with Gasteiger partial charge in [-0.2, -0.15) is 0 Å². The summed E-state index contributed by atoms with van der Waals surface area (Å²) in [6, 6.07) is 19.9. The fourth-order valence-corrected chi connectivity index (χ4v) is 3.89. The lowest BCUT2D eigenvalue weighted by Gasteiger charge is -2.00. The van der Waals surface area contributed by atoms with Gasteiger partial charge < -0.3 is 4.74 Å². The molecule has 3 aromatic carbocycles. The molecule has 4 aromatic rings. The van der Waals surface area contributed by atoms with Crippen molar-refractivity contribution >= 4 is 38.5 Å². The van der Waals surface area contributed by atoms with Gasteiger partial charge in [-0.25, -0.2) is 0 Å². The summed E-state index contributed by atoms with van der Waals surface area (Å²) in [5.41, 5.74) is 1.69. The first-order valence-electron chi connectivity index (χ1n) is 7.85. The standard InChI is InChI=1S/C22H14O2S/c1-24-17-10-6-15(7-11-17)8-12-19-21(14-23)25-20-13-9-16-4-2-3-5-18(16)22(19)20/h2-7,9-11,13-14H,1H3. The summed E-state index contributed by atoms with van der Waals surface area (Å²) < 4.78 is 6.25. The van der Waals surface area contributed by atoms with E-state index in [-0.39, 0.29) is 0 Å². The molecular weight excluding hydrogens is 328 g/mol. The average Bonchev–Trinajstić information content (AvgIpc) is 3.05. The molecule has 0 aliphatic heterocycles. The molecule has 0 aliphatic rings. The smallest absolute Gasteiger partial charge is 0.161 e. The minimum absolute atomic E-state index is 0.673. The highest BCUT2D eigenvalue weighted by Gasteiger charge is 2.12. The lowest BCUT2D eigenvalue weighted by Crippen LogP contribution is -1.83. The molecule has 2 nitrogen and oxygen atoms in total. The molecular formula is C22H14O2S. The van der Waals surface area contributed by atoms with Gasteiger partial charge in [0.05, 0.1) is 17.6 Å². The molecule has 0 spiro atoms. The highest BCUT2D eigenvalue weighted by molar-refractivity contribution is 7.21. The van der Waals surface area contributed by atoms with Crippen molar-refractivity contribution < 1.29 is 9.53 Å². The van der Waals surface area contributed by atoms with Crippen molar-refractivity contribution in [2.75, 3.05) is 7.11 Å². The van der Waals surface area contributed by atoms with Gasteiger partial charge in [0.2, 0.25) is 0 Å². The molecule has 0 fully saturated rings. The zero-order valence-corrected chi connectivity index (χ0v) is 14.4. The summed E-state index contributed by atoms with van der Waals surface area (Å²) in [6.45, 7) is 0. The predicted molar refractivity (Wildman–Crippen MR) is 104 cm³/mol. The monoisotopic (exact) mass is 342 g/mol. The second kappa shape index (κ2) is 6.43. The predicted octanol–water partition coefficient (Wildman–Crippen LogP) is 5.28. The van der Waals surface area contributed by atoms with Crippen LogP contribution in [0, 0.1) is 11.8 Å². The summed E-state index contributed by atoms with van der Waals surface area (Å²) in [5, 5.41) is 3.34. The molecule has 0 amide bonds. The highest BCUT2D eigenvalue weighted by atomic mass is 32.1. The number of hydrogen-bond acceptors (Lipinski definition) is 3. The van der Waals surface area contributed by atoms with Crippen LogP contribution >= 0.6 is 11.3 Å². The summed E-state index contributed by atoms with van der Waals surface area (Å²) in [5.74, 6) is 7.19. The highest BCUT2D eigenvalue weighted by Crippen LogP contribution is 2.35. The number of carbonyl (C=O) groups excluding carboxylic acids is 1. The maximum atomic E-state index is 11.6. The maximum Gasteiger partial charge on any atom is 0.161 e. The molecule has 1 aromatic heterocycles. The number of methoxy groups -OCH3 is 1. The van der Waals surface area contributed by atoms with E-state index in [4.69, 9.17) is 4.74 Å². The Morgan fingerprint density at radius 2 is 1.76 bits per heavy atom. The van der Waals surface area contributed by atoms with Crippen LogP contribution in [0.25, 0.3) is 20.9 Å². The van der Waals surface area contributed by atoms with Crippen molar-refractivity contribution in [1.29, 1.82) is 0 Å². The molecule has 0 saturated carbocycles. The Bertz CT molecular complexity index is 1140. The van der Waals surface area contributed by atoms with Gasteiger partial charge in [-0.3, -0.25) is 4.79 Å². The number of hydrogen-bond donors (Lipinski definition) is 0. The zero-order valence-electron chi connectivity index (χ0n) is 13.6. The molecule has 120 valence electrons. The Morgan fingerprint density at radius 3 is 2.52 bits per heavy atom. The first kappa shape index (κ1) is 15.4. The van der Waals surface area contributed by atoms with Gasteiger partial charge in [0.25, 0.3) is 0 Å². The van der Waals surface area contributed by atoms with Gasteiger partial charge in [-0.15, -0.1) is 11.3 Å². The number of rotatable bonds is 2. The van der Waals surface area contributed by atoms with Gasteiger partial charge in [-0.1, -0.05) is 42.2 Å². The number of fused-ring (bicyclic) bond motifs is 3. The third-order valence-electron chi connectivity index (χ3n) is 4.14. The van der Waals surface area contributed by atoms with Crippen molar-refractivity contribution in [2.45, 2.75) is 0 Å². The second-order valence-electron chi connectivity index (χ2n) is 5.60. The Morgan fingerprint density at radius 1 is 0.960 bits per heavy atom. The fraction of sp³-hybridized carbons (Fsp3) is 0.0455. The van der Waals surface area contributed by atoms with Gasteiger partial charge in [0, 0.05) is 15.6 Å². The Balaban J connectivity index is 1.92. The molecule has 3 heteroatoms. The van der Waals surface area contributed by atoms with Crippen LogP contribution in [-0.2, 0) is 0 Å².